The lowest BCUT2D eigenvalue weighted by molar-refractivity contribution is -0.137. The molecule has 0 fully saturated rings. The first-order valence-electron chi connectivity index (χ1n) is 5.33. The quantitative estimate of drug-likeness (QED) is 0.918. The lowest BCUT2D eigenvalue weighted by Crippen LogP contribution is -2.03. The van der Waals surface area contributed by atoms with E-state index in [1.54, 1.807) is 0 Å². The van der Waals surface area contributed by atoms with Gasteiger partial charge in [-0.2, -0.15) is 13.2 Å². The number of oxazole rings is 1. The number of nitrogens with two attached hydrogens (primary N) is 1. The lowest BCUT2D eigenvalue weighted by Gasteiger charge is -2.06. The lowest BCUT2D eigenvalue weighted by atomic mass is 10.1. The Balaban J connectivity index is 2.23. The van der Waals surface area contributed by atoms with E-state index >= 15 is 0 Å². The summed E-state index contributed by atoms with van der Waals surface area (Å²) < 4.78 is 42.5. The highest BCUT2D eigenvalue weighted by Gasteiger charge is 2.30. The van der Waals surface area contributed by atoms with Gasteiger partial charge in [0.2, 0.25) is 5.89 Å². The van der Waals surface area contributed by atoms with Crippen molar-refractivity contribution in [1.82, 2.24) is 4.98 Å². The second-order valence-corrected chi connectivity index (χ2v) is 3.75. The molecule has 0 aliphatic heterocycles. The van der Waals surface area contributed by atoms with Gasteiger partial charge in [0.05, 0.1) is 11.8 Å². The van der Waals surface area contributed by atoms with Crippen LogP contribution in [0, 0.1) is 0 Å². The van der Waals surface area contributed by atoms with E-state index in [1.165, 1.54) is 18.3 Å². The Bertz CT molecular complexity index is 517. The van der Waals surface area contributed by atoms with Gasteiger partial charge in [0.1, 0.15) is 5.76 Å². The van der Waals surface area contributed by atoms with E-state index in [0.29, 0.717) is 30.2 Å². The van der Waals surface area contributed by atoms with Gasteiger partial charge in [-0.1, -0.05) is 0 Å². The summed E-state index contributed by atoms with van der Waals surface area (Å²) in [5.74, 6) is 0.916. The van der Waals surface area contributed by atoms with Gasteiger partial charge in [0.25, 0.3) is 0 Å². The first-order valence-corrected chi connectivity index (χ1v) is 5.33. The molecule has 0 aliphatic carbocycles. The van der Waals surface area contributed by atoms with Crippen LogP contribution in [0.2, 0.25) is 0 Å². The molecule has 0 saturated carbocycles. The van der Waals surface area contributed by atoms with Crippen molar-refractivity contribution in [3.05, 3.63) is 41.8 Å². The molecule has 0 saturated heterocycles. The summed E-state index contributed by atoms with van der Waals surface area (Å²) in [6.45, 7) is 0.432. The predicted octanol–water partition coefficient (Wildman–Crippen LogP) is 2.86. The van der Waals surface area contributed by atoms with Crippen LogP contribution in [0.15, 0.2) is 34.9 Å². The summed E-state index contributed by atoms with van der Waals surface area (Å²) in [4.78, 5) is 3.99. The first-order chi connectivity index (χ1) is 8.50. The minimum atomic E-state index is -4.33. The SMILES string of the molecule is NCCc1cnc(-c2ccc(C(F)(F)F)cc2)o1. The zero-order valence-corrected chi connectivity index (χ0v) is 9.37. The number of halogens is 3. The molecule has 1 aromatic carbocycles. The summed E-state index contributed by atoms with van der Waals surface area (Å²) in [5.41, 5.74) is 5.17. The van der Waals surface area contributed by atoms with Gasteiger partial charge >= 0.3 is 6.18 Å². The highest BCUT2D eigenvalue weighted by atomic mass is 19.4. The second-order valence-electron chi connectivity index (χ2n) is 3.75. The van der Waals surface area contributed by atoms with Crippen LogP contribution in [0.5, 0.6) is 0 Å². The third-order valence-corrected chi connectivity index (χ3v) is 2.40. The summed E-state index contributed by atoms with van der Waals surface area (Å²) in [6.07, 6.45) is -2.26. The summed E-state index contributed by atoms with van der Waals surface area (Å²) in [7, 11) is 0. The number of hydrogen-bond acceptors (Lipinski definition) is 3. The van der Waals surface area contributed by atoms with Crippen molar-refractivity contribution in [2.24, 2.45) is 5.73 Å². The van der Waals surface area contributed by atoms with Gasteiger partial charge in [-0.3, -0.25) is 0 Å². The van der Waals surface area contributed by atoms with E-state index in [4.69, 9.17) is 10.2 Å². The molecule has 0 spiro atoms. The van der Waals surface area contributed by atoms with E-state index in [0.717, 1.165) is 12.1 Å². The highest BCUT2D eigenvalue weighted by Crippen LogP contribution is 2.30. The van der Waals surface area contributed by atoms with Gasteiger partial charge in [-0.15, -0.1) is 0 Å². The van der Waals surface area contributed by atoms with Crippen molar-refractivity contribution in [3.63, 3.8) is 0 Å². The van der Waals surface area contributed by atoms with E-state index in [9.17, 15) is 13.2 Å². The molecule has 2 rings (SSSR count). The van der Waals surface area contributed by atoms with Crippen molar-refractivity contribution < 1.29 is 17.6 Å². The average molecular weight is 256 g/mol. The molecule has 0 atom stereocenters. The zero-order valence-electron chi connectivity index (χ0n) is 9.37. The van der Waals surface area contributed by atoms with Crippen LogP contribution < -0.4 is 5.73 Å². The van der Waals surface area contributed by atoms with Crippen molar-refractivity contribution in [2.75, 3.05) is 6.54 Å². The maximum atomic E-state index is 12.4. The Labute approximate surface area is 101 Å². The van der Waals surface area contributed by atoms with Gasteiger partial charge in [-0.05, 0) is 30.8 Å². The second kappa shape index (κ2) is 4.81. The smallest absolute Gasteiger partial charge is 0.416 e. The molecule has 0 radical (unpaired) electrons. The Morgan fingerprint density at radius 3 is 2.39 bits per heavy atom. The number of alkyl halides is 3. The molecule has 2 N–H and O–H groups in total. The largest absolute Gasteiger partial charge is 0.441 e. The fourth-order valence-corrected chi connectivity index (χ4v) is 1.50. The molecule has 1 heterocycles. The molecular weight excluding hydrogens is 245 g/mol. The maximum Gasteiger partial charge on any atom is 0.416 e. The van der Waals surface area contributed by atoms with Gasteiger partial charge in [-0.25, -0.2) is 4.98 Å². The number of aromatic nitrogens is 1. The van der Waals surface area contributed by atoms with Crippen LogP contribution in [0.3, 0.4) is 0 Å². The molecule has 0 bridgehead atoms. The molecule has 6 heteroatoms. The predicted molar refractivity (Wildman–Crippen MR) is 59.7 cm³/mol. The number of rotatable bonds is 3. The topological polar surface area (TPSA) is 52.0 Å². The minimum absolute atomic E-state index is 0.298. The molecule has 0 unspecified atom stereocenters. The van der Waals surface area contributed by atoms with E-state index < -0.39 is 11.7 Å². The molecule has 2 aromatic rings. The molecule has 96 valence electrons. The Morgan fingerprint density at radius 2 is 1.83 bits per heavy atom. The summed E-state index contributed by atoms with van der Waals surface area (Å²) in [5, 5.41) is 0. The van der Waals surface area contributed by atoms with Crippen molar-refractivity contribution in [1.29, 1.82) is 0 Å². The molecule has 1 aromatic heterocycles. The van der Waals surface area contributed by atoms with E-state index in [2.05, 4.69) is 4.98 Å². The fourth-order valence-electron chi connectivity index (χ4n) is 1.50. The molecule has 3 nitrogen and oxygen atoms in total. The Morgan fingerprint density at radius 1 is 1.17 bits per heavy atom. The standard InChI is InChI=1S/C12H11F3N2O/c13-12(14,15)9-3-1-8(2-4-9)11-17-7-10(18-11)5-6-16/h1-4,7H,5-6,16H2. The molecule has 0 aliphatic rings. The normalized spacial score (nSPS) is 11.8. The number of hydrogen-bond donors (Lipinski definition) is 1. The number of nitrogens with zero attached hydrogens (tertiary/aromatic N) is 1. The first kappa shape index (κ1) is 12.6. The van der Waals surface area contributed by atoms with Crippen LogP contribution in [0.4, 0.5) is 13.2 Å². The molecule has 18 heavy (non-hydrogen) atoms. The van der Waals surface area contributed by atoms with Crippen molar-refractivity contribution >= 4 is 0 Å². The molecular formula is C12H11F3N2O. The van der Waals surface area contributed by atoms with Crippen LogP contribution in [-0.2, 0) is 12.6 Å². The van der Waals surface area contributed by atoms with E-state index in [-0.39, 0.29) is 0 Å². The maximum absolute atomic E-state index is 12.4. The van der Waals surface area contributed by atoms with Gasteiger partial charge in [0, 0.05) is 12.0 Å². The van der Waals surface area contributed by atoms with Crippen LogP contribution in [-0.4, -0.2) is 11.5 Å². The van der Waals surface area contributed by atoms with Gasteiger partial charge in [0.15, 0.2) is 0 Å². The van der Waals surface area contributed by atoms with Crippen LogP contribution in [0.1, 0.15) is 11.3 Å². The third kappa shape index (κ3) is 2.70. The van der Waals surface area contributed by atoms with Crippen LogP contribution >= 0.6 is 0 Å². The third-order valence-electron chi connectivity index (χ3n) is 2.40. The zero-order chi connectivity index (χ0) is 13.2. The summed E-state index contributed by atoms with van der Waals surface area (Å²) in [6, 6.07) is 4.67. The number of benzene rings is 1. The Kier molecular flexibility index (Phi) is 3.38. The fraction of sp³-hybridized carbons (Fsp3) is 0.250. The van der Waals surface area contributed by atoms with Crippen molar-refractivity contribution in [3.8, 4) is 11.5 Å². The van der Waals surface area contributed by atoms with Crippen molar-refractivity contribution in [2.45, 2.75) is 12.6 Å². The summed E-state index contributed by atoms with van der Waals surface area (Å²) >= 11 is 0. The van der Waals surface area contributed by atoms with Gasteiger partial charge < -0.3 is 10.2 Å². The monoisotopic (exact) mass is 256 g/mol. The van der Waals surface area contributed by atoms with Crippen LogP contribution in [0.25, 0.3) is 11.5 Å². The molecule has 0 amide bonds. The average Bonchev–Trinajstić information content (AvgIpc) is 2.77. The minimum Gasteiger partial charge on any atom is -0.441 e. The highest BCUT2D eigenvalue weighted by molar-refractivity contribution is 5.53. The Hall–Kier alpha value is -1.82. The van der Waals surface area contributed by atoms with E-state index in [1.807, 2.05) is 0 Å².